The van der Waals surface area contributed by atoms with Crippen LogP contribution in [0.5, 0.6) is 0 Å². The number of aliphatic hydroxyl groups is 1. The molecule has 1 atom stereocenters. The second-order valence-electron chi connectivity index (χ2n) is 5.05. The van der Waals surface area contributed by atoms with E-state index < -0.39 is 23.7 Å². The van der Waals surface area contributed by atoms with E-state index in [0.29, 0.717) is 11.6 Å². The fourth-order valence-electron chi connectivity index (χ4n) is 2.36. The lowest BCUT2D eigenvalue weighted by Gasteiger charge is -2.18. The van der Waals surface area contributed by atoms with Gasteiger partial charge >= 0.3 is 6.18 Å². The average Bonchev–Trinajstić information content (AvgIpc) is 2.35. The average molecular weight is 298 g/mol. The van der Waals surface area contributed by atoms with E-state index in [9.17, 15) is 22.7 Å². The number of halogens is 4. The van der Waals surface area contributed by atoms with Crippen LogP contribution in [0.2, 0.25) is 0 Å². The van der Waals surface area contributed by atoms with Crippen LogP contribution < -0.4 is 0 Å². The molecule has 1 nitrogen and oxygen atoms in total. The van der Waals surface area contributed by atoms with Crippen molar-refractivity contribution < 1.29 is 22.7 Å². The van der Waals surface area contributed by atoms with Crippen molar-refractivity contribution in [1.82, 2.24) is 0 Å². The largest absolute Gasteiger partial charge is 0.416 e. The highest BCUT2D eigenvalue weighted by Crippen LogP contribution is 2.37. The second-order valence-corrected chi connectivity index (χ2v) is 5.05. The summed E-state index contributed by atoms with van der Waals surface area (Å²) in [5.41, 5.74) is 0.507. The Labute approximate surface area is 119 Å². The molecule has 0 saturated carbocycles. The Morgan fingerprint density at radius 3 is 2.05 bits per heavy atom. The first-order valence-electron chi connectivity index (χ1n) is 6.31. The lowest BCUT2D eigenvalue weighted by atomic mass is 9.94. The summed E-state index contributed by atoms with van der Waals surface area (Å²) < 4.78 is 52.0. The predicted molar refractivity (Wildman–Crippen MR) is 71.4 cm³/mol. The summed E-state index contributed by atoms with van der Waals surface area (Å²) in [5, 5.41) is 10.3. The van der Waals surface area contributed by atoms with Crippen molar-refractivity contribution in [3.8, 4) is 0 Å². The normalized spacial score (nSPS) is 13.3. The highest BCUT2D eigenvalue weighted by atomic mass is 19.4. The molecular formula is C16H14F4O. The van der Waals surface area contributed by atoms with Gasteiger partial charge in [0.2, 0.25) is 0 Å². The summed E-state index contributed by atoms with van der Waals surface area (Å²) >= 11 is 0. The summed E-state index contributed by atoms with van der Waals surface area (Å²) in [6.07, 6.45) is -6.18. The highest BCUT2D eigenvalue weighted by molar-refractivity contribution is 5.40. The third-order valence-corrected chi connectivity index (χ3v) is 3.18. The van der Waals surface area contributed by atoms with Crippen molar-refractivity contribution >= 4 is 0 Å². The van der Waals surface area contributed by atoms with E-state index in [1.54, 1.807) is 26.0 Å². The maximum absolute atomic E-state index is 13.1. The number of hydrogen-bond acceptors (Lipinski definition) is 1. The van der Waals surface area contributed by atoms with Gasteiger partial charge in [0.1, 0.15) is 11.9 Å². The molecule has 2 aromatic carbocycles. The monoisotopic (exact) mass is 298 g/mol. The molecule has 0 bridgehead atoms. The minimum absolute atomic E-state index is 0.351. The Morgan fingerprint density at radius 2 is 1.52 bits per heavy atom. The molecule has 112 valence electrons. The van der Waals surface area contributed by atoms with Crippen LogP contribution in [0.3, 0.4) is 0 Å². The first-order valence-corrected chi connectivity index (χ1v) is 6.31. The van der Waals surface area contributed by atoms with Crippen molar-refractivity contribution in [2.75, 3.05) is 0 Å². The summed E-state index contributed by atoms with van der Waals surface area (Å²) in [4.78, 5) is 0. The zero-order valence-corrected chi connectivity index (χ0v) is 11.5. The van der Waals surface area contributed by atoms with E-state index in [2.05, 4.69) is 0 Å². The minimum Gasteiger partial charge on any atom is -0.384 e. The molecule has 0 fully saturated rings. The quantitative estimate of drug-likeness (QED) is 0.807. The predicted octanol–water partition coefficient (Wildman–Crippen LogP) is 4.54. The van der Waals surface area contributed by atoms with Crippen LogP contribution in [0.15, 0.2) is 36.4 Å². The molecule has 0 spiro atoms. The zero-order valence-electron chi connectivity index (χ0n) is 11.5. The molecule has 1 N–H and O–H groups in total. The molecule has 0 amide bonds. The van der Waals surface area contributed by atoms with Gasteiger partial charge < -0.3 is 5.11 Å². The molecule has 1 unspecified atom stereocenters. The first kappa shape index (κ1) is 15.5. The Balaban J connectivity index is 2.55. The number of rotatable bonds is 2. The van der Waals surface area contributed by atoms with Gasteiger partial charge in [-0.25, -0.2) is 4.39 Å². The fourth-order valence-corrected chi connectivity index (χ4v) is 2.36. The maximum atomic E-state index is 13.1. The Hall–Kier alpha value is -1.88. The number of hydrogen-bond donors (Lipinski definition) is 1. The molecule has 0 aliphatic carbocycles. The van der Waals surface area contributed by atoms with Gasteiger partial charge in [0.15, 0.2) is 0 Å². The van der Waals surface area contributed by atoms with Gasteiger partial charge in [-0.15, -0.1) is 0 Å². The number of aryl methyl sites for hydroxylation is 2. The second kappa shape index (κ2) is 5.48. The molecule has 21 heavy (non-hydrogen) atoms. The lowest BCUT2D eigenvalue weighted by molar-refractivity contribution is -0.139. The molecule has 2 rings (SSSR count). The van der Waals surface area contributed by atoms with Gasteiger partial charge in [-0.3, -0.25) is 0 Å². The van der Waals surface area contributed by atoms with Gasteiger partial charge in [-0.05, 0) is 37.1 Å². The van der Waals surface area contributed by atoms with E-state index >= 15 is 0 Å². The van der Waals surface area contributed by atoms with Crippen molar-refractivity contribution in [3.05, 3.63) is 70.0 Å². The molecule has 2 aromatic rings. The SMILES string of the molecule is Cc1cc(C)cc(C(O)c2ccc(F)cc2C(F)(F)F)c1. The molecular weight excluding hydrogens is 284 g/mol. The third kappa shape index (κ3) is 3.42. The summed E-state index contributed by atoms with van der Waals surface area (Å²) in [7, 11) is 0. The van der Waals surface area contributed by atoms with Crippen LogP contribution >= 0.6 is 0 Å². The van der Waals surface area contributed by atoms with Crippen molar-refractivity contribution in [2.45, 2.75) is 26.1 Å². The van der Waals surface area contributed by atoms with E-state index in [1.807, 2.05) is 6.07 Å². The van der Waals surface area contributed by atoms with Gasteiger partial charge in [-0.2, -0.15) is 13.2 Å². The van der Waals surface area contributed by atoms with Crippen molar-refractivity contribution in [2.24, 2.45) is 0 Å². The number of benzene rings is 2. The standard InChI is InChI=1S/C16H14F4O/c1-9-5-10(2)7-11(6-9)15(21)13-4-3-12(17)8-14(13)16(18,19)20/h3-8,15,21H,1-2H3. The van der Waals surface area contributed by atoms with Gasteiger partial charge in [0.05, 0.1) is 5.56 Å². The molecule has 0 aliphatic rings. The summed E-state index contributed by atoms with van der Waals surface area (Å²) in [6, 6.07) is 7.37. The Morgan fingerprint density at radius 1 is 0.952 bits per heavy atom. The smallest absolute Gasteiger partial charge is 0.384 e. The minimum atomic E-state index is -4.72. The van der Waals surface area contributed by atoms with Crippen LogP contribution in [-0.4, -0.2) is 5.11 Å². The third-order valence-electron chi connectivity index (χ3n) is 3.18. The summed E-state index contributed by atoms with van der Waals surface area (Å²) in [5.74, 6) is -0.987. The molecule has 0 radical (unpaired) electrons. The van der Waals surface area contributed by atoms with Crippen LogP contribution in [0, 0.1) is 19.7 Å². The topological polar surface area (TPSA) is 20.2 Å². The lowest BCUT2D eigenvalue weighted by Crippen LogP contribution is -2.13. The van der Waals surface area contributed by atoms with E-state index in [1.165, 1.54) is 0 Å². The number of alkyl halides is 3. The molecule has 5 heteroatoms. The van der Waals surface area contributed by atoms with E-state index in [0.717, 1.165) is 23.3 Å². The molecule has 0 aromatic heterocycles. The first-order chi connectivity index (χ1) is 9.68. The van der Waals surface area contributed by atoms with Crippen LogP contribution in [0.4, 0.5) is 17.6 Å². The molecule has 0 saturated heterocycles. The van der Waals surface area contributed by atoms with Crippen LogP contribution in [0.25, 0.3) is 0 Å². The van der Waals surface area contributed by atoms with Crippen LogP contribution in [0.1, 0.15) is 33.9 Å². The summed E-state index contributed by atoms with van der Waals surface area (Å²) in [6.45, 7) is 3.58. The van der Waals surface area contributed by atoms with Gasteiger partial charge in [0, 0.05) is 0 Å². The number of aliphatic hydroxyl groups excluding tert-OH is 1. The van der Waals surface area contributed by atoms with Crippen molar-refractivity contribution in [3.63, 3.8) is 0 Å². The van der Waals surface area contributed by atoms with Crippen LogP contribution in [-0.2, 0) is 6.18 Å². The Kier molecular flexibility index (Phi) is 4.05. The highest BCUT2D eigenvalue weighted by Gasteiger charge is 2.35. The van der Waals surface area contributed by atoms with E-state index in [-0.39, 0.29) is 5.56 Å². The fraction of sp³-hybridized carbons (Fsp3) is 0.250. The van der Waals surface area contributed by atoms with Gasteiger partial charge in [0.25, 0.3) is 0 Å². The van der Waals surface area contributed by atoms with Gasteiger partial charge in [-0.1, -0.05) is 35.4 Å². The molecule has 0 heterocycles. The zero-order chi connectivity index (χ0) is 15.8. The Bertz CT molecular complexity index is 642. The van der Waals surface area contributed by atoms with E-state index in [4.69, 9.17) is 0 Å². The maximum Gasteiger partial charge on any atom is 0.416 e. The molecule has 0 aliphatic heterocycles. The van der Waals surface area contributed by atoms with Crippen molar-refractivity contribution in [1.29, 1.82) is 0 Å².